The average molecular weight is 316 g/mol. The highest BCUT2D eigenvalue weighted by Gasteiger charge is 2.08. The van der Waals surface area contributed by atoms with Crippen molar-refractivity contribution in [1.29, 1.82) is 0 Å². The smallest absolute Gasteiger partial charge is 0.276 e. The van der Waals surface area contributed by atoms with E-state index in [1.54, 1.807) is 12.1 Å². The number of rotatable bonds is 5. The van der Waals surface area contributed by atoms with Crippen LogP contribution in [-0.4, -0.2) is 18.4 Å². The Labute approximate surface area is 133 Å². The number of nitrogens with one attached hydrogen (secondary N) is 2. The van der Waals surface area contributed by atoms with Crippen LogP contribution in [0.3, 0.4) is 0 Å². The lowest BCUT2D eigenvalue weighted by Gasteiger charge is -2.09. The second-order valence-corrected chi connectivity index (χ2v) is 4.80. The Morgan fingerprint density at radius 1 is 1.00 bits per heavy atom. The van der Waals surface area contributed by atoms with Crippen molar-refractivity contribution in [2.75, 3.05) is 6.61 Å². The molecule has 0 aliphatic carbocycles. The molecule has 0 aromatic heterocycles. The Morgan fingerprint density at radius 3 is 2.26 bits per heavy atom. The van der Waals surface area contributed by atoms with Crippen LogP contribution in [0, 0.1) is 5.82 Å². The van der Waals surface area contributed by atoms with Gasteiger partial charge in [0, 0.05) is 5.56 Å². The first-order chi connectivity index (χ1) is 11.1. The molecular weight excluding hydrogens is 299 g/mol. The number of benzene rings is 2. The number of halogens is 1. The van der Waals surface area contributed by atoms with Crippen LogP contribution >= 0.6 is 0 Å². The van der Waals surface area contributed by atoms with Gasteiger partial charge < -0.3 is 4.74 Å². The van der Waals surface area contributed by atoms with Gasteiger partial charge in [-0.25, -0.2) is 4.39 Å². The summed E-state index contributed by atoms with van der Waals surface area (Å²) in [4.78, 5) is 23.4. The number of carbonyl (C=O) groups is 2. The van der Waals surface area contributed by atoms with Crippen LogP contribution in [-0.2, 0) is 11.2 Å². The zero-order valence-electron chi connectivity index (χ0n) is 12.6. The second kappa shape index (κ2) is 7.93. The molecule has 2 aromatic rings. The van der Waals surface area contributed by atoms with Gasteiger partial charge in [-0.05, 0) is 48.4 Å². The van der Waals surface area contributed by atoms with Crippen molar-refractivity contribution in [1.82, 2.24) is 10.9 Å². The molecule has 0 saturated heterocycles. The summed E-state index contributed by atoms with van der Waals surface area (Å²) in [5.41, 5.74) is 6.13. The molecule has 6 heteroatoms. The third kappa shape index (κ3) is 5.10. The lowest BCUT2D eigenvalue weighted by atomic mass is 10.1. The molecule has 0 aliphatic heterocycles. The van der Waals surface area contributed by atoms with Crippen molar-refractivity contribution in [2.24, 2.45) is 0 Å². The minimum absolute atomic E-state index is 0.291. The first-order valence-corrected chi connectivity index (χ1v) is 7.15. The van der Waals surface area contributed by atoms with Crippen molar-refractivity contribution in [3.63, 3.8) is 0 Å². The first-order valence-electron chi connectivity index (χ1n) is 7.15. The Balaban J connectivity index is 1.76. The summed E-state index contributed by atoms with van der Waals surface area (Å²) in [5, 5.41) is 0. The van der Waals surface area contributed by atoms with E-state index in [2.05, 4.69) is 10.9 Å². The van der Waals surface area contributed by atoms with Gasteiger partial charge in [0.2, 0.25) is 0 Å². The van der Waals surface area contributed by atoms with Gasteiger partial charge in [0.05, 0.1) is 0 Å². The molecule has 120 valence electrons. The molecule has 2 N–H and O–H groups in total. The SMILES string of the molecule is CCc1ccc(C(=O)NNC(=O)COc2ccc(F)cc2)cc1. The molecule has 0 bridgehead atoms. The lowest BCUT2D eigenvalue weighted by Crippen LogP contribution is -2.43. The predicted molar refractivity (Wildman–Crippen MR) is 83.3 cm³/mol. The Kier molecular flexibility index (Phi) is 5.68. The normalized spacial score (nSPS) is 10.0. The molecule has 0 radical (unpaired) electrons. The van der Waals surface area contributed by atoms with Crippen LogP contribution in [0.1, 0.15) is 22.8 Å². The monoisotopic (exact) mass is 316 g/mol. The summed E-state index contributed by atoms with van der Waals surface area (Å²) >= 11 is 0. The molecule has 2 aromatic carbocycles. The molecule has 5 nitrogen and oxygen atoms in total. The van der Waals surface area contributed by atoms with E-state index in [9.17, 15) is 14.0 Å². The van der Waals surface area contributed by atoms with Crippen LogP contribution in [0.25, 0.3) is 0 Å². The molecule has 0 fully saturated rings. The maximum Gasteiger partial charge on any atom is 0.276 e. The van der Waals surface area contributed by atoms with Crippen molar-refractivity contribution in [3.8, 4) is 5.75 Å². The standard InChI is InChI=1S/C17H17FN2O3/c1-2-12-3-5-13(6-4-12)17(22)20-19-16(21)11-23-15-9-7-14(18)8-10-15/h3-10H,2,11H2,1H3,(H,19,21)(H,20,22). The number of hydrogen-bond acceptors (Lipinski definition) is 3. The highest BCUT2D eigenvalue weighted by molar-refractivity contribution is 5.95. The molecule has 0 aliphatic rings. The summed E-state index contributed by atoms with van der Waals surface area (Å²) in [7, 11) is 0. The number of hydrogen-bond donors (Lipinski definition) is 2. The largest absolute Gasteiger partial charge is 0.484 e. The maximum atomic E-state index is 12.7. The summed E-state index contributed by atoms with van der Waals surface area (Å²) in [5.74, 6) is -0.957. The van der Waals surface area contributed by atoms with Crippen LogP contribution in [0.5, 0.6) is 5.75 Å². The van der Waals surface area contributed by atoms with Gasteiger partial charge in [0.15, 0.2) is 6.61 Å². The van der Waals surface area contributed by atoms with Gasteiger partial charge >= 0.3 is 0 Å². The molecule has 0 spiro atoms. The molecule has 0 heterocycles. The number of aryl methyl sites for hydroxylation is 1. The zero-order chi connectivity index (χ0) is 16.7. The Bertz CT molecular complexity index is 669. The summed E-state index contributed by atoms with van der Waals surface area (Å²) in [6, 6.07) is 12.4. The second-order valence-electron chi connectivity index (χ2n) is 4.80. The van der Waals surface area contributed by atoms with E-state index in [0.29, 0.717) is 11.3 Å². The molecule has 0 saturated carbocycles. The van der Waals surface area contributed by atoms with Gasteiger partial charge in [-0.15, -0.1) is 0 Å². The highest BCUT2D eigenvalue weighted by atomic mass is 19.1. The van der Waals surface area contributed by atoms with Gasteiger partial charge in [0.25, 0.3) is 11.8 Å². The molecule has 2 rings (SSSR count). The first kappa shape index (κ1) is 16.5. The molecule has 0 unspecified atom stereocenters. The van der Waals surface area contributed by atoms with Crippen molar-refractivity contribution >= 4 is 11.8 Å². The quantitative estimate of drug-likeness (QED) is 0.831. The number of ether oxygens (including phenoxy) is 1. The fourth-order valence-electron chi connectivity index (χ4n) is 1.81. The number of carbonyl (C=O) groups excluding carboxylic acids is 2. The van der Waals surface area contributed by atoms with E-state index in [4.69, 9.17) is 4.74 Å². The van der Waals surface area contributed by atoms with Crippen LogP contribution in [0.4, 0.5) is 4.39 Å². The van der Waals surface area contributed by atoms with Crippen molar-refractivity contribution in [3.05, 3.63) is 65.5 Å². The Hall–Kier alpha value is -2.89. The van der Waals surface area contributed by atoms with Crippen molar-refractivity contribution in [2.45, 2.75) is 13.3 Å². The van der Waals surface area contributed by atoms with E-state index in [-0.39, 0.29) is 12.4 Å². The van der Waals surface area contributed by atoms with Crippen LogP contribution in [0.2, 0.25) is 0 Å². The Morgan fingerprint density at radius 2 is 1.65 bits per heavy atom. The number of hydrazine groups is 1. The molecular formula is C17H17FN2O3. The van der Waals surface area contributed by atoms with Gasteiger partial charge in [-0.2, -0.15) is 0 Å². The van der Waals surface area contributed by atoms with Gasteiger partial charge in [-0.3, -0.25) is 20.4 Å². The van der Waals surface area contributed by atoms with Crippen LogP contribution < -0.4 is 15.6 Å². The lowest BCUT2D eigenvalue weighted by molar-refractivity contribution is -0.123. The molecule has 23 heavy (non-hydrogen) atoms. The van der Waals surface area contributed by atoms with Gasteiger partial charge in [-0.1, -0.05) is 19.1 Å². The minimum Gasteiger partial charge on any atom is -0.484 e. The zero-order valence-corrected chi connectivity index (χ0v) is 12.6. The van der Waals surface area contributed by atoms with Crippen molar-refractivity contribution < 1.29 is 18.7 Å². The number of amides is 2. The molecule has 0 atom stereocenters. The highest BCUT2D eigenvalue weighted by Crippen LogP contribution is 2.10. The summed E-state index contributed by atoms with van der Waals surface area (Å²) in [6.45, 7) is 1.73. The topological polar surface area (TPSA) is 67.4 Å². The third-order valence-corrected chi connectivity index (χ3v) is 3.12. The summed E-state index contributed by atoms with van der Waals surface area (Å²) in [6.07, 6.45) is 0.888. The van der Waals surface area contributed by atoms with Crippen LogP contribution in [0.15, 0.2) is 48.5 Å². The van der Waals surface area contributed by atoms with E-state index < -0.39 is 11.8 Å². The summed E-state index contributed by atoms with van der Waals surface area (Å²) < 4.78 is 17.9. The minimum atomic E-state index is -0.521. The van der Waals surface area contributed by atoms with E-state index in [1.165, 1.54) is 24.3 Å². The predicted octanol–water partition coefficient (Wildman–Crippen LogP) is 2.23. The fourth-order valence-corrected chi connectivity index (χ4v) is 1.81. The third-order valence-electron chi connectivity index (χ3n) is 3.12. The fraction of sp³-hybridized carbons (Fsp3) is 0.176. The van der Waals surface area contributed by atoms with Gasteiger partial charge in [0.1, 0.15) is 11.6 Å². The average Bonchev–Trinajstić information content (AvgIpc) is 2.59. The van der Waals surface area contributed by atoms with E-state index in [0.717, 1.165) is 12.0 Å². The van der Waals surface area contributed by atoms with E-state index >= 15 is 0 Å². The van der Waals surface area contributed by atoms with E-state index in [1.807, 2.05) is 19.1 Å². The molecule has 2 amide bonds. The maximum absolute atomic E-state index is 12.7.